The molecular formula is C15H33N3O. The van der Waals surface area contributed by atoms with Gasteiger partial charge in [0.1, 0.15) is 0 Å². The molecule has 1 unspecified atom stereocenters. The summed E-state index contributed by atoms with van der Waals surface area (Å²) in [5.41, 5.74) is 0.163. The highest BCUT2D eigenvalue weighted by Crippen LogP contribution is 2.14. The van der Waals surface area contributed by atoms with Crippen LogP contribution in [0.25, 0.3) is 0 Å². The second kappa shape index (κ2) is 8.54. The van der Waals surface area contributed by atoms with Crippen LogP contribution in [0.5, 0.6) is 0 Å². The minimum atomic E-state index is -0.131. The van der Waals surface area contributed by atoms with Gasteiger partial charge in [-0.15, -0.1) is 0 Å². The predicted molar refractivity (Wildman–Crippen MR) is 82.3 cm³/mol. The maximum absolute atomic E-state index is 11.9. The Balaban J connectivity index is 3.95. The molecular weight excluding hydrogens is 238 g/mol. The van der Waals surface area contributed by atoms with E-state index in [1.165, 1.54) is 0 Å². The Morgan fingerprint density at radius 1 is 1.21 bits per heavy atom. The van der Waals surface area contributed by atoms with Crippen LogP contribution in [0.3, 0.4) is 0 Å². The van der Waals surface area contributed by atoms with E-state index in [0.29, 0.717) is 5.92 Å². The molecule has 0 fully saturated rings. The summed E-state index contributed by atoms with van der Waals surface area (Å²) < 4.78 is 0. The largest absolute Gasteiger partial charge is 0.355 e. The monoisotopic (exact) mass is 271 g/mol. The minimum absolute atomic E-state index is 0.0984. The number of hydrogen-bond acceptors (Lipinski definition) is 3. The van der Waals surface area contributed by atoms with E-state index in [9.17, 15) is 4.79 Å². The van der Waals surface area contributed by atoms with Crippen molar-refractivity contribution in [3.05, 3.63) is 0 Å². The molecule has 0 saturated heterocycles. The number of carbonyl (C=O) groups is 1. The van der Waals surface area contributed by atoms with Gasteiger partial charge >= 0.3 is 0 Å². The molecule has 2 N–H and O–H groups in total. The first-order valence-electron chi connectivity index (χ1n) is 7.30. The van der Waals surface area contributed by atoms with Gasteiger partial charge in [-0.3, -0.25) is 4.79 Å². The molecule has 0 bridgehead atoms. The van der Waals surface area contributed by atoms with Crippen molar-refractivity contribution in [2.45, 2.75) is 47.1 Å². The Bertz CT molecular complexity index is 262. The van der Waals surface area contributed by atoms with Gasteiger partial charge in [0.2, 0.25) is 5.91 Å². The Hall–Kier alpha value is -0.610. The topological polar surface area (TPSA) is 44.4 Å². The van der Waals surface area contributed by atoms with Crippen molar-refractivity contribution in [2.24, 2.45) is 11.3 Å². The van der Waals surface area contributed by atoms with Crippen LogP contribution in [0.2, 0.25) is 0 Å². The molecule has 1 amide bonds. The van der Waals surface area contributed by atoms with Crippen LogP contribution < -0.4 is 10.6 Å². The van der Waals surface area contributed by atoms with Gasteiger partial charge < -0.3 is 15.5 Å². The van der Waals surface area contributed by atoms with Gasteiger partial charge in [0, 0.05) is 19.6 Å². The summed E-state index contributed by atoms with van der Waals surface area (Å²) >= 11 is 0. The van der Waals surface area contributed by atoms with Crippen molar-refractivity contribution in [2.75, 3.05) is 33.7 Å². The predicted octanol–water partition coefficient (Wildman–Crippen LogP) is 1.71. The fourth-order valence-corrected chi connectivity index (χ4v) is 2.07. The lowest BCUT2D eigenvalue weighted by Gasteiger charge is -2.29. The molecule has 0 aliphatic carbocycles. The molecule has 0 aromatic carbocycles. The maximum atomic E-state index is 11.9. The molecule has 19 heavy (non-hydrogen) atoms. The van der Waals surface area contributed by atoms with E-state index in [2.05, 4.69) is 57.3 Å². The highest BCUT2D eigenvalue weighted by atomic mass is 16.2. The molecule has 114 valence electrons. The Kier molecular flexibility index (Phi) is 8.26. The summed E-state index contributed by atoms with van der Waals surface area (Å²) in [5.74, 6) is 0.726. The van der Waals surface area contributed by atoms with E-state index in [4.69, 9.17) is 0 Å². The minimum Gasteiger partial charge on any atom is -0.355 e. The molecule has 0 radical (unpaired) electrons. The van der Waals surface area contributed by atoms with E-state index in [1.807, 2.05) is 6.92 Å². The fourth-order valence-electron chi connectivity index (χ4n) is 2.07. The average molecular weight is 271 g/mol. The lowest BCUT2D eigenvalue weighted by atomic mass is 9.92. The SMILES string of the molecule is CC(C)CCNC(=O)C(C)NCC(C)(C)CN(C)C. The molecule has 0 saturated carbocycles. The summed E-state index contributed by atoms with van der Waals surface area (Å²) in [6.45, 7) is 13.3. The molecule has 0 aromatic heterocycles. The summed E-state index contributed by atoms with van der Waals surface area (Å²) in [4.78, 5) is 14.1. The molecule has 0 aliphatic rings. The van der Waals surface area contributed by atoms with E-state index in [0.717, 1.165) is 26.1 Å². The van der Waals surface area contributed by atoms with Crippen LogP contribution in [-0.2, 0) is 4.79 Å². The van der Waals surface area contributed by atoms with Gasteiger partial charge in [0.05, 0.1) is 6.04 Å². The zero-order chi connectivity index (χ0) is 15.1. The standard InChI is InChI=1S/C15H33N3O/c1-12(2)8-9-16-14(19)13(3)17-10-15(4,5)11-18(6)7/h12-13,17H,8-11H2,1-7H3,(H,16,19). The zero-order valence-electron chi connectivity index (χ0n) is 13.8. The van der Waals surface area contributed by atoms with Gasteiger partial charge in [-0.1, -0.05) is 27.7 Å². The molecule has 0 spiro atoms. The third-order valence-electron chi connectivity index (χ3n) is 3.05. The van der Waals surface area contributed by atoms with Crippen molar-refractivity contribution >= 4 is 5.91 Å². The van der Waals surface area contributed by atoms with Crippen LogP contribution in [0.15, 0.2) is 0 Å². The summed E-state index contributed by atoms with van der Waals surface area (Å²) in [7, 11) is 4.15. The molecule has 4 heteroatoms. The molecule has 0 rings (SSSR count). The first-order valence-corrected chi connectivity index (χ1v) is 7.30. The third kappa shape index (κ3) is 9.91. The van der Waals surface area contributed by atoms with Crippen molar-refractivity contribution in [1.29, 1.82) is 0 Å². The van der Waals surface area contributed by atoms with Crippen LogP contribution in [0.1, 0.15) is 41.0 Å². The number of rotatable bonds is 9. The number of amides is 1. The maximum Gasteiger partial charge on any atom is 0.236 e. The van der Waals surface area contributed by atoms with Crippen LogP contribution >= 0.6 is 0 Å². The molecule has 0 aliphatic heterocycles. The fraction of sp³-hybridized carbons (Fsp3) is 0.933. The van der Waals surface area contributed by atoms with Gasteiger partial charge in [-0.05, 0) is 38.8 Å². The Morgan fingerprint density at radius 2 is 1.79 bits per heavy atom. The summed E-state index contributed by atoms with van der Waals surface area (Å²) in [6, 6.07) is -0.131. The number of hydrogen-bond donors (Lipinski definition) is 2. The molecule has 4 nitrogen and oxygen atoms in total. The summed E-state index contributed by atoms with van der Waals surface area (Å²) in [5, 5.41) is 6.31. The van der Waals surface area contributed by atoms with Crippen molar-refractivity contribution in [1.82, 2.24) is 15.5 Å². The normalized spacial score (nSPS) is 13.9. The van der Waals surface area contributed by atoms with Crippen molar-refractivity contribution < 1.29 is 4.79 Å². The Labute approximate surface area is 119 Å². The quantitative estimate of drug-likeness (QED) is 0.671. The highest BCUT2D eigenvalue weighted by Gasteiger charge is 2.21. The molecule has 0 aromatic rings. The average Bonchev–Trinajstić information content (AvgIpc) is 2.23. The first kappa shape index (κ1) is 18.4. The number of nitrogens with one attached hydrogen (secondary N) is 2. The van der Waals surface area contributed by atoms with Crippen molar-refractivity contribution in [3.8, 4) is 0 Å². The van der Waals surface area contributed by atoms with E-state index < -0.39 is 0 Å². The number of nitrogens with zero attached hydrogens (tertiary/aromatic N) is 1. The second-order valence-electron chi connectivity index (χ2n) is 6.98. The van der Waals surface area contributed by atoms with Crippen LogP contribution in [0.4, 0.5) is 0 Å². The van der Waals surface area contributed by atoms with Gasteiger partial charge in [-0.2, -0.15) is 0 Å². The van der Waals surface area contributed by atoms with Crippen LogP contribution in [0, 0.1) is 11.3 Å². The summed E-state index contributed by atoms with van der Waals surface area (Å²) in [6.07, 6.45) is 1.03. The first-order chi connectivity index (χ1) is 8.64. The van der Waals surface area contributed by atoms with Crippen LogP contribution in [-0.4, -0.2) is 50.6 Å². The lowest BCUT2D eigenvalue weighted by Crippen LogP contribution is -2.47. The van der Waals surface area contributed by atoms with Gasteiger partial charge in [0.25, 0.3) is 0 Å². The van der Waals surface area contributed by atoms with E-state index in [1.54, 1.807) is 0 Å². The second-order valence-corrected chi connectivity index (χ2v) is 6.98. The van der Waals surface area contributed by atoms with Gasteiger partial charge in [-0.25, -0.2) is 0 Å². The third-order valence-corrected chi connectivity index (χ3v) is 3.05. The zero-order valence-corrected chi connectivity index (χ0v) is 13.8. The van der Waals surface area contributed by atoms with E-state index >= 15 is 0 Å². The van der Waals surface area contributed by atoms with E-state index in [-0.39, 0.29) is 17.4 Å². The Morgan fingerprint density at radius 3 is 2.26 bits per heavy atom. The molecule has 1 atom stereocenters. The highest BCUT2D eigenvalue weighted by molar-refractivity contribution is 5.81. The lowest BCUT2D eigenvalue weighted by molar-refractivity contribution is -0.122. The molecule has 0 heterocycles. The number of carbonyl (C=O) groups excluding carboxylic acids is 1. The van der Waals surface area contributed by atoms with Crippen molar-refractivity contribution in [3.63, 3.8) is 0 Å². The smallest absolute Gasteiger partial charge is 0.236 e. The van der Waals surface area contributed by atoms with Gasteiger partial charge in [0.15, 0.2) is 0 Å².